The van der Waals surface area contributed by atoms with Crippen LogP contribution in [0.25, 0.3) is 22.4 Å². The average Bonchev–Trinajstić information content (AvgIpc) is 3.09. The van der Waals surface area contributed by atoms with Crippen molar-refractivity contribution in [2.75, 3.05) is 26.5 Å². The summed E-state index contributed by atoms with van der Waals surface area (Å²) in [5, 5.41) is 7.57. The van der Waals surface area contributed by atoms with Crippen LogP contribution in [0.4, 0.5) is 0 Å². The van der Waals surface area contributed by atoms with Crippen molar-refractivity contribution >= 4 is 10.0 Å². The first-order valence-corrected chi connectivity index (χ1v) is 10.7. The van der Waals surface area contributed by atoms with Gasteiger partial charge in [0.05, 0.1) is 6.26 Å². The lowest BCUT2D eigenvalue weighted by molar-refractivity contribution is 0.171. The van der Waals surface area contributed by atoms with Crippen LogP contribution in [0.15, 0.2) is 48.5 Å². The van der Waals surface area contributed by atoms with Crippen LogP contribution in [0, 0.1) is 6.92 Å². The highest BCUT2D eigenvalue weighted by Gasteiger charge is 2.18. The van der Waals surface area contributed by atoms with Crippen molar-refractivity contribution in [3.63, 3.8) is 0 Å². The molecule has 0 aliphatic carbocycles. The molecule has 0 atom stereocenters. The van der Waals surface area contributed by atoms with Crippen LogP contribution in [0.1, 0.15) is 5.69 Å². The predicted molar refractivity (Wildman–Crippen MR) is 109 cm³/mol. The van der Waals surface area contributed by atoms with E-state index in [0.717, 1.165) is 45.8 Å². The molecule has 148 valence electrons. The molecule has 28 heavy (non-hydrogen) atoms. The molecule has 1 aliphatic heterocycles. The predicted octanol–water partition coefficient (Wildman–Crippen LogP) is 2.99. The van der Waals surface area contributed by atoms with Gasteiger partial charge in [0.1, 0.15) is 18.9 Å². The maximum Gasteiger partial charge on any atom is 0.208 e. The fourth-order valence-corrected chi connectivity index (χ4v) is 2.79. The number of aryl methyl sites for hydroxylation is 1. The van der Waals surface area contributed by atoms with Gasteiger partial charge in [0.25, 0.3) is 0 Å². The van der Waals surface area contributed by atoms with Crippen LogP contribution in [0.2, 0.25) is 0 Å². The molecule has 0 fully saturated rings. The Morgan fingerprint density at radius 3 is 2.29 bits per heavy atom. The lowest BCUT2D eigenvalue weighted by atomic mass is 9.99. The fourth-order valence-electron chi connectivity index (χ4n) is 2.79. The quantitative estimate of drug-likeness (QED) is 0.704. The Kier molecular flexibility index (Phi) is 6.01. The van der Waals surface area contributed by atoms with Crippen molar-refractivity contribution in [2.24, 2.45) is 0 Å². The summed E-state index contributed by atoms with van der Waals surface area (Å²) in [6.45, 7) is 3.23. The summed E-state index contributed by atoms with van der Waals surface area (Å²) in [7, 11) is -1.54. The Morgan fingerprint density at radius 2 is 1.64 bits per heavy atom. The van der Waals surface area contributed by atoms with E-state index in [-0.39, 0.29) is 0 Å². The zero-order valence-corrected chi connectivity index (χ0v) is 16.8. The lowest BCUT2D eigenvalue weighted by Gasteiger charge is -2.19. The summed E-state index contributed by atoms with van der Waals surface area (Å²) in [6.07, 6.45) is 1.10. The summed E-state index contributed by atoms with van der Waals surface area (Å²) >= 11 is 0. The smallest absolute Gasteiger partial charge is 0.208 e. The van der Waals surface area contributed by atoms with Gasteiger partial charge in [-0.2, -0.15) is 5.10 Å². The molecular formula is C20H23N3O4S. The average molecular weight is 401 g/mol. The Balaban J connectivity index is 0.000000330. The second kappa shape index (κ2) is 8.45. The minimum Gasteiger partial charge on any atom is -0.486 e. The van der Waals surface area contributed by atoms with Gasteiger partial charge in [-0.3, -0.25) is 5.10 Å². The highest BCUT2D eigenvalue weighted by Crippen LogP contribution is 2.38. The SMILES string of the molecule is CNS(C)(=O)=O.Cc1[nH]nc(-c2ccccc2)c1-c1ccc2c(c1)OCCO2. The first kappa shape index (κ1) is 19.9. The van der Waals surface area contributed by atoms with Crippen molar-refractivity contribution in [1.29, 1.82) is 0 Å². The van der Waals surface area contributed by atoms with E-state index in [9.17, 15) is 8.42 Å². The molecule has 2 aromatic carbocycles. The molecule has 0 saturated carbocycles. The molecule has 4 rings (SSSR count). The van der Waals surface area contributed by atoms with Gasteiger partial charge in [0.2, 0.25) is 10.0 Å². The number of fused-ring (bicyclic) bond motifs is 1. The Morgan fingerprint density at radius 1 is 1.00 bits per heavy atom. The van der Waals surface area contributed by atoms with Crippen molar-refractivity contribution < 1.29 is 17.9 Å². The maximum atomic E-state index is 9.89. The van der Waals surface area contributed by atoms with Crippen LogP contribution in [0.3, 0.4) is 0 Å². The second-order valence-corrected chi connectivity index (χ2v) is 8.23. The summed E-state index contributed by atoms with van der Waals surface area (Å²) < 4.78 is 33.1. The molecule has 1 aromatic heterocycles. The molecule has 8 heteroatoms. The van der Waals surface area contributed by atoms with Gasteiger partial charge in [0.15, 0.2) is 11.5 Å². The van der Waals surface area contributed by atoms with Gasteiger partial charge in [0, 0.05) is 16.8 Å². The van der Waals surface area contributed by atoms with Gasteiger partial charge in [-0.1, -0.05) is 36.4 Å². The minimum absolute atomic E-state index is 0.590. The monoisotopic (exact) mass is 401 g/mol. The highest BCUT2D eigenvalue weighted by molar-refractivity contribution is 7.88. The van der Waals surface area contributed by atoms with E-state index in [4.69, 9.17) is 9.47 Å². The number of benzene rings is 2. The van der Waals surface area contributed by atoms with Gasteiger partial charge in [-0.05, 0) is 31.7 Å². The summed E-state index contributed by atoms with van der Waals surface area (Å²) in [4.78, 5) is 0. The number of nitrogens with zero attached hydrogens (tertiary/aromatic N) is 1. The second-order valence-electron chi connectivity index (χ2n) is 6.27. The van der Waals surface area contributed by atoms with E-state index in [0.29, 0.717) is 13.2 Å². The molecule has 0 saturated heterocycles. The molecule has 0 spiro atoms. The fraction of sp³-hybridized carbons (Fsp3) is 0.250. The lowest BCUT2D eigenvalue weighted by Crippen LogP contribution is -2.15. The van der Waals surface area contributed by atoms with E-state index in [1.165, 1.54) is 7.05 Å². The molecule has 2 heterocycles. The van der Waals surface area contributed by atoms with Crippen LogP contribution in [-0.4, -0.2) is 45.1 Å². The number of aromatic amines is 1. The van der Waals surface area contributed by atoms with E-state index >= 15 is 0 Å². The Bertz CT molecular complexity index is 1050. The topological polar surface area (TPSA) is 93.3 Å². The molecular weight excluding hydrogens is 378 g/mol. The zero-order valence-electron chi connectivity index (χ0n) is 16.0. The van der Waals surface area contributed by atoms with Gasteiger partial charge in [-0.25, -0.2) is 13.1 Å². The standard InChI is InChI=1S/C18H16N2O2.C2H7NO2S/c1-12-17(18(20-19-12)13-5-3-2-4-6-13)14-7-8-15-16(11-14)22-10-9-21-15;1-3-6(2,4)5/h2-8,11H,9-10H2,1H3,(H,19,20);3H,1-2H3. The maximum absolute atomic E-state index is 9.89. The largest absolute Gasteiger partial charge is 0.486 e. The molecule has 0 amide bonds. The number of sulfonamides is 1. The number of aromatic nitrogens is 2. The van der Waals surface area contributed by atoms with Gasteiger partial charge >= 0.3 is 0 Å². The van der Waals surface area contributed by atoms with Gasteiger partial charge in [-0.15, -0.1) is 0 Å². The zero-order chi connectivity index (χ0) is 20.1. The summed E-state index contributed by atoms with van der Waals surface area (Å²) in [5.74, 6) is 1.60. The molecule has 7 nitrogen and oxygen atoms in total. The van der Waals surface area contributed by atoms with E-state index in [1.54, 1.807) is 0 Å². The third-order valence-corrected chi connectivity index (χ3v) is 4.94. The number of rotatable bonds is 3. The van der Waals surface area contributed by atoms with E-state index < -0.39 is 10.0 Å². The van der Waals surface area contributed by atoms with E-state index in [1.807, 2.05) is 37.3 Å². The molecule has 0 unspecified atom stereocenters. The Hall–Kier alpha value is -2.84. The molecule has 0 radical (unpaired) electrons. The number of hydrogen-bond acceptors (Lipinski definition) is 5. The Labute approximate surface area is 164 Å². The summed E-state index contributed by atoms with van der Waals surface area (Å²) in [5.41, 5.74) is 5.26. The molecule has 2 N–H and O–H groups in total. The normalized spacial score (nSPS) is 12.8. The number of nitrogens with one attached hydrogen (secondary N) is 2. The number of H-pyrrole nitrogens is 1. The van der Waals surface area contributed by atoms with E-state index in [2.05, 4.69) is 33.1 Å². The first-order valence-electron chi connectivity index (χ1n) is 8.78. The minimum atomic E-state index is -2.91. The van der Waals surface area contributed by atoms with Gasteiger partial charge < -0.3 is 9.47 Å². The third-order valence-electron chi connectivity index (χ3n) is 4.20. The van der Waals surface area contributed by atoms with Crippen molar-refractivity contribution in [3.05, 3.63) is 54.2 Å². The molecule has 3 aromatic rings. The third kappa shape index (κ3) is 4.71. The highest BCUT2D eigenvalue weighted by atomic mass is 32.2. The van der Waals surface area contributed by atoms with Crippen LogP contribution < -0.4 is 14.2 Å². The van der Waals surface area contributed by atoms with Crippen molar-refractivity contribution in [1.82, 2.24) is 14.9 Å². The molecule has 1 aliphatic rings. The van der Waals surface area contributed by atoms with Crippen LogP contribution >= 0.6 is 0 Å². The number of hydrogen-bond donors (Lipinski definition) is 2. The van der Waals surface area contributed by atoms with Crippen molar-refractivity contribution in [2.45, 2.75) is 6.92 Å². The van der Waals surface area contributed by atoms with Crippen LogP contribution in [0.5, 0.6) is 11.5 Å². The van der Waals surface area contributed by atoms with Crippen molar-refractivity contribution in [3.8, 4) is 33.9 Å². The summed E-state index contributed by atoms with van der Waals surface area (Å²) in [6, 6.07) is 16.2. The van der Waals surface area contributed by atoms with Crippen LogP contribution in [-0.2, 0) is 10.0 Å². The molecule has 0 bridgehead atoms. The first-order chi connectivity index (χ1) is 13.4. The number of ether oxygens (including phenoxy) is 2.